The zero-order valence-electron chi connectivity index (χ0n) is 5.31. The van der Waals surface area contributed by atoms with E-state index in [9.17, 15) is 0 Å². The Kier molecular flexibility index (Phi) is 12.3. The molecular formula is C4H9NNaS2. The van der Waals surface area contributed by atoms with Gasteiger partial charge in [0.25, 0.3) is 0 Å². The fourth-order valence-electron chi connectivity index (χ4n) is 0.203. The Morgan fingerprint density at radius 1 is 1.75 bits per heavy atom. The number of nitrogens with two attached hydrogens (primary N) is 1. The zero-order chi connectivity index (χ0) is 5.70. The molecule has 43 valence electrons. The maximum absolute atomic E-state index is 5.17. The Bertz CT molecular complexity index is 67.1. The molecule has 0 aromatic heterocycles. The Morgan fingerprint density at radius 3 is 2.38 bits per heavy atom. The molecule has 0 amide bonds. The first-order chi connectivity index (χ1) is 3.27. The first-order valence-electron chi connectivity index (χ1n) is 2.19. The van der Waals surface area contributed by atoms with Crippen molar-refractivity contribution in [3.8, 4) is 0 Å². The van der Waals surface area contributed by atoms with Gasteiger partial charge in [-0.2, -0.15) is 0 Å². The van der Waals surface area contributed by atoms with E-state index in [-0.39, 0.29) is 29.6 Å². The topological polar surface area (TPSA) is 26.0 Å². The van der Waals surface area contributed by atoms with Crippen molar-refractivity contribution in [2.24, 2.45) is 5.73 Å². The molecule has 0 aromatic carbocycles. The van der Waals surface area contributed by atoms with Gasteiger partial charge in [-0.15, -0.1) is 0 Å². The van der Waals surface area contributed by atoms with E-state index in [2.05, 4.69) is 19.1 Å². The van der Waals surface area contributed by atoms with Gasteiger partial charge in [0.05, 0.1) is 0 Å². The molecule has 0 heterocycles. The van der Waals surface area contributed by atoms with Crippen LogP contribution >= 0.6 is 24.0 Å². The van der Waals surface area contributed by atoms with Crippen LogP contribution in [-0.2, 0) is 0 Å². The van der Waals surface area contributed by atoms with Gasteiger partial charge in [0.1, 0.15) is 4.32 Å². The number of rotatable bonds is 2. The maximum atomic E-state index is 5.17. The molecule has 0 bridgehead atoms. The molecule has 0 aliphatic heterocycles. The molecule has 0 fully saturated rings. The summed E-state index contributed by atoms with van der Waals surface area (Å²) in [5, 5.41) is 0. The molecule has 0 saturated heterocycles. The van der Waals surface area contributed by atoms with Gasteiger partial charge in [-0.3, -0.25) is 0 Å². The third-order valence-electron chi connectivity index (χ3n) is 0.448. The summed E-state index contributed by atoms with van der Waals surface area (Å²) in [5.74, 6) is 1.05. The van der Waals surface area contributed by atoms with Gasteiger partial charge in [0.15, 0.2) is 0 Å². The Hall–Kier alpha value is 1.24. The zero-order valence-corrected chi connectivity index (χ0v) is 8.94. The average molecular weight is 158 g/mol. The molecule has 0 atom stereocenters. The fraction of sp³-hybridized carbons (Fsp3) is 0.750. The third-order valence-corrected chi connectivity index (χ3v) is 1.70. The maximum Gasteiger partial charge on any atom is 0.131 e. The standard InChI is InChI=1S/C4H9NS2.Na/c1-2-3-7-4(5)6;/h2-3H2,1H3,(H2,5,6);. The van der Waals surface area contributed by atoms with Gasteiger partial charge in [-0.1, -0.05) is 30.9 Å². The molecule has 0 rings (SSSR count). The second kappa shape index (κ2) is 8.24. The summed E-state index contributed by atoms with van der Waals surface area (Å²) in [7, 11) is 0. The largest absolute Gasteiger partial charge is 0.385 e. The summed E-state index contributed by atoms with van der Waals surface area (Å²) >= 11 is 6.14. The summed E-state index contributed by atoms with van der Waals surface area (Å²) in [6.07, 6.45) is 1.14. The van der Waals surface area contributed by atoms with Crippen LogP contribution in [0, 0.1) is 0 Å². The molecule has 0 unspecified atom stereocenters. The summed E-state index contributed by atoms with van der Waals surface area (Å²) in [6, 6.07) is 0. The molecule has 0 saturated carbocycles. The van der Waals surface area contributed by atoms with E-state index < -0.39 is 0 Å². The van der Waals surface area contributed by atoms with Gasteiger partial charge in [0.2, 0.25) is 0 Å². The van der Waals surface area contributed by atoms with Crippen molar-refractivity contribution in [2.45, 2.75) is 13.3 Å². The van der Waals surface area contributed by atoms with E-state index in [1.165, 1.54) is 0 Å². The van der Waals surface area contributed by atoms with Crippen molar-refractivity contribution in [1.29, 1.82) is 0 Å². The molecule has 0 spiro atoms. The number of hydrogen-bond donors (Lipinski definition) is 1. The van der Waals surface area contributed by atoms with Crippen molar-refractivity contribution >= 4 is 57.9 Å². The van der Waals surface area contributed by atoms with Crippen molar-refractivity contribution in [2.75, 3.05) is 5.75 Å². The smallest absolute Gasteiger partial charge is 0.131 e. The van der Waals surface area contributed by atoms with Gasteiger partial charge < -0.3 is 5.73 Å². The molecule has 4 heteroatoms. The molecule has 0 aliphatic carbocycles. The van der Waals surface area contributed by atoms with E-state index in [0.29, 0.717) is 4.32 Å². The van der Waals surface area contributed by atoms with Crippen molar-refractivity contribution in [1.82, 2.24) is 0 Å². The Labute approximate surface area is 82.1 Å². The SMILES string of the molecule is CCCSC(N)=S.[Na]. The quantitative estimate of drug-likeness (QED) is 0.479. The van der Waals surface area contributed by atoms with Gasteiger partial charge in [0, 0.05) is 29.6 Å². The van der Waals surface area contributed by atoms with Crippen molar-refractivity contribution in [3.63, 3.8) is 0 Å². The van der Waals surface area contributed by atoms with E-state index in [1.807, 2.05) is 0 Å². The fourth-order valence-corrected chi connectivity index (χ4v) is 0.858. The Balaban J connectivity index is 0. The monoisotopic (exact) mass is 158 g/mol. The second-order valence-electron chi connectivity index (χ2n) is 1.17. The van der Waals surface area contributed by atoms with Crippen LogP contribution in [0.1, 0.15) is 13.3 Å². The van der Waals surface area contributed by atoms with Crippen molar-refractivity contribution < 1.29 is 0 Å². The van der Waals surface area contributed by atoms with Crippen molar-refractivity contribution in [3.05, 3.63) is 0 Å². The molecule has 2 N–H and O–H groups in total. The molecule has 0 aliphatic rings. The van der Waals surface area contributed by atoms with E-state index >= 15 is 0 Å². The van der Waals surface area contributed by atoms with Crippen LogP contribution < -0.4 is 5.73 Å². The average Bonchev–Trinajstić information content (AvgIpc) is 1.61. The predicted octanol–water partition coefficient (Wildman–Crippen LogP) is 0.992. The third kappa shape index (κ3) is 10.3. The molecule has 1 nitrogen and oxygen atoms in total. The second-order valence-corrected chi connectivity index (χ2v) is 3.00. The van der Waals surface area contributed by atoms with Gasteiger partial charge in [-0.05, 0) is 12.2 Å². The summed E-state index contributed by atoms with van der Waals surface area (Å²) in [5.41, 5.74) is 5.17. The van der Waals surface area contributed by atoms with Crippen LogP contribution in [-0.4, -0.2) is 39.6 Å². The minimum atomic E-state index is 0. The molecular weight excluding hydrogens is 149 g/mol. The van der Waals surface area contributed by atoms with E-state index in [1.54, 1.807) is 11.8 Å². The van der Waals surface area contributed by atoms with Crippen LogP contribution in [0.25, 0.3) is 0 Å². The van der Waals surface area contributed by atoms with Gasteiger partial charge in [-0.25, -0.2) is 0 Å². The summed E-state index contributed by atoms with van der Waals surface area (Å²) in [6.45, 7) is 2.10. The van der Waals surface area contributed by atoms with Crippen LogP contribution in [0.15, 0.2) is 0 Å². The normalized spacial score (nSPS) is 7.62. The van der Waals surface area contributed by atoms with Crippen LogP contribution in [0.5, 0.6) is 0 Å². The van der Waals surface area contributed by atoms with Gasteiger partial charge >= 0.3 is 0 Å². The van der Waals surface area contributed by atoms with E-state index in [4.69, 9.17) is 5.73 Å². The first kappa shape index (κ1) is 12.0. The van der Waals surface area contributed by atoms with E-state index in [0.717, 1.165) is 12.2 Å². The predicted molar refractivity (Wildman–Crippen MR) is 45.3 cm³/mol. The number of hydrogen-bond acceptors (Lipinski definition) is 2. The minimum absolute atomic E-state index is 0. The van der Waals surface area contributed by atoms with Crippen LogP contribution in [0.2, 0.25) is 0 Å². The molecule has 1 radical (unpaired) electrons. The first-order valence-corrected chi connectivity index (χ1v) is 3.59. The Morgan fingerprint density at radius 2 is 2.25 bits per heavy atom. The number of thiocarbonyl (C=S) groups is 1. The minimum Gasteiger partial charge on any atom is -0.385 e. The van der Waals surface area contributed by atoms with Crippen LogP contribution in [0.3, 0.4) is 0 Å². The molecule has 0 aromatic rings. The number of thioether (sulfide) groups is 1. The molecule has 8 heavy (non-hydrogen) atoms. The summed E-state index contributed by atoms with van der Waals surface area (Å²) < 4.78 is 0.557. The van der Waals surface area contributed by atoms with Crippen LogP contribution in [0.4, 0.5) is 0 Å². The summed E-state index contributed by atoms with van der Waals surface area (Å²) in [4.78, 5) is 0.